The summed E-state index contributed by atoms with van der Waals surface area (Å²) in [6.45, 7) is 6.18. The first-order valence-electron chi connectivity index (χ1n) is 6.35. The van der Waals surface area contributed by atoms with Gasteiger partial charge in [0.05, 0.1) is 0 Å². The van der Waals surface area contributed by atoms with Crippen LogP contribution >= 0.6 is 27.7 Å². The van der Waals surface area contributed by atoms with E-state index >= 15 is 0 Å². The summed E-state index contributed by atoms with van der Waals surface area (Å²) in [6.07, 6.45) is 3.81. The lowest BCUT2D eigenvalue weighted by Gasteiger charge is -2.11. The van der Waals surface area contributed by atoms with E-state index < -0.39 is 0 Å². The fourth-order valence-electron chi connectivity index (χ4n) is 1.39. The zero-order valence-corrected chi connectivity index (χ0v) is 13.4. The molecular weight excluding hydrogens is 312 g/mol. The van der Waals surface area contributed by atoms with Gasteiger partial charge in [-0.25, -0.2) is 9.97 Å². The van der Waals surface area contributed by atoms with Crippen LogP contribution in [-0.2, 0) is 0 Å². The van der Waals surface area contributed by atoms with Gasteiger partial charge in [0.25, 0.3) is 0 Å². The Kier molecular flexibility index (Phi) is 8.17. The highest BCUT2D eigenvalue weighted by atomic mass is 79.9. The summed E-state index contributed by atoms with van der Waals surface area (Å²) in [5.41, 5.74) is 0. The molecule has 2 N–H and O–H groups in total. The minimum atomic E-state index is 0.859. The lowest BCUT2D eigenvalue weighted by atomic mass is 10.4. The van der Waals surface area contributed by atoms with Gasteiger partial charge in [-0.15, -0.1) is 0 Å². The van der Waals surface area contributed by atoms with E-state index in [-0.39, 0.29) is 0 Å². The molecule has 0 unspecified atom stereocenters. The lowest BCUT2D eigenvalue weighted by molar-refractivity contribution is 0.951. The van der Waals surface area contributed by atoms with Crippen molar-refractivity contribution in [1.29, 1.82) is 0 Å². The van der Waals surface area contributed by atoms with E-state index in [1.54, 1.807) is 6.33 Å². The van der Waals surface area contributed by atoms with Gasteiger partial charge < -0.3 is 10.6 Å². The fourth-order valence-corrected chi connectivity index (χ4v) is 2.51. The first-order chi connectivity index (χ1) is 8.79. The first-order valence-corrected chi connectivity index (χ1v) is 8.30. The average Bonchev–Trinajstić information content (AvgIpc) is 2.39. The lowest BCUT2D eigenvalue weighted by Crippen LogP contribution is -2.08. The standard InChI is InChI=1S/C12H21BrN4S/c1-3-6-14-11-10(13)12(17-9-16-11)15-7-5-8-18-4-2/h9H,3-8H2,1-2H3,(H2,14,15,16,17). The monoisotopic (exact) mass is 332 g/mol. The maximum absolute atomic E-state index is 4.25. The quantitative estimate of drug-likeness (QED) is 0.676. The molecule has 0 radical (unpaired) electrons. The summed E-state index contributed by atoms with van der Waals surface area (Å²) >= 11 is 5.50. The highest BCUT2D eigenvalue weighted by Crippen LogP contribution is 2.26. The number of rotatable bonds is 9. The largest absolute Gasteiger partial charge is 0.369 e. The number of nitrogens with zero attached hydrogens (tertiary/aromatic N) is 2. The summed E-state index contributed by atoms with van der Waals surface area (Å²) < 4.78 is 0.918. The van der Waals surface area contributed by atoms with Crippen molar-refractivity contribution in [2.75, 3.05) is 35.2 Å². The second-order valence-corrected chi connectivity index (χ2v) is 5.98. The Labute approximate surface area is 122 Å². The highest BCUT2D eigenvalue weighted by molar-refractivity contribution is 9.10. The Morgan fingerprint density at radius 1 is 1.17 bits per heavy atom. The van der Waals surface area contributed by atoms with E-state index in [2.05, 4.69) is 50.4 Å². The van der Waals surface area contributed by atoms with Crippen molar-refractivity contribution < 1.29 is 0 Å². The molecule has 102 valence electrons. The molecule has 6 heteroatoms. The maximum Gasteiger partial charge on any atom is 0.145 e. The predicted octanol–water partition coefficient (Wildman–Crippen LogP) is 3.62. The van der Waals surface area contributed by atoms with Gasteiger partial charge in [-0.1, -0.05) is 13.8 Å². The van der Waals surface area contributed by atoms with Gasteiger partial charge in [0.1, 0.15) is 22.4 Å². The van der Waals surface area contributed by atoms with Crippen molar-refractivity contribution in [1.82, 2.24) is 9.97 Å². The van der Waals surface area contributed by atoms with Crippen molar-refractivity contribution in [3.05, 3.63) is 10.8 Å². The summed E-state index contributed by atoms with van der Waals surface area (Å²) in [6, 6.07) is 0. The van der Waals surface area contributed by atoms with Gasteiger partial charge in [-0.3, -0.25) is 0 Å². The smallest absolute Gasteiger partial charge is 0.145 e. The molecule has 0 atom stereocenters. The van der Waals surface area contributed by atoms with E-state index in [0.717, 1.165) is 42.0 Å². The first kappa shape index (κ1) is 15.6. The molecule has 0 bridgehead atoms. The molecule has 18 heavy (non-hydrogen) atoms. The third-order valence-electron chi connectivity index (χ3n) is 2.29. The molecule has 1 rings (SSSR count). The van der Waals surface area contributed by atoms with Crippen molar-refractivity contribution in [2.45, 2.75) is 26.7 Å². The van der Waals surface area contributed by atoms with Gasteiger partial charge in [-0.2, -0.15) is 11.8 Å². The minimum Gasteiger partial charge on any atom is -0.369 e. The number of hydrogen-bond acceptors (Lipinski definition) is 5. The van der Waals surface area contributed by atoms with Crippen LogP contribution in [-0.4, -0.2) is 34.6 Å². The topological polar surface area (TPSA) is 49.8 Å². The number of nitrogens with one attached hydrogen (secondary N) is 2. The van der Waals surface area contributed by atoms with Crippen LogP contribution in [0.4, 0.5) is 11.6 Å². The Morgan fingerprint density at radius 2 is 1.83 bits per heavy atom. The Bertz CT molecular complexity index is 349. The molecule has 0 aliphatic carbocycles. The maximum atomic E-state index is 4.25. The zero-order chi connectivity index (χ0) is 13.2. The fraction of sp³-hybridized carbons (Fsp3) is 0.667. The van der Waals surface area contributed by atoms with E-state index in [1.807, 2.05) is 11.8 Å². The SMILES string of the molecule is CCCNc1ncnc(NCCCSCC)c1Br. The molecule has 0 aliphatic heterocycles. The third kappa shape index (κ3) is 5.44. The second kappa shape index (κ2) is 9.44. The predicted molar refractivity (Wildman–Crippen MR) is 84.6 cm³/mol. The van der Waals surface area contributed by atoms with Crippen LogP contribution in [0.1, 0.15) is 26.7 Å². The molecule has 0 saturated carbocycles. The molecule has 0 saturated heterocycles. The Morgan fingerprint density at radius 3 is 2.44 bits per heavy atom. The average molecular weight is 333 g/mol. The van der Waals surface area contributed by atoms with Crippen molar-refractivity contribution in [2.24, 2.45) is 0 Å². The normalized spacial score (nSPS) is 10.4. The van der Waals surface area contributed by atoms with Crippen LogP contribution in [0.2, 0.25) is 0 Å². The zero-order valence-electron chi connectivity index (χ0n) is 11.0. The van der Waals surface area contributed by atoms with Gasteiger partial charge in [0, 0.05) is 13.1 Å². The van der Waals surface area contributed by atoms with Crippen LogP contribution in [0.3, 0.4) is 0 Å². The van der Waals surface area contributed by atoms with Gasteiger partial charge in [-0.05, 0) is 40.3 Å². The van der Waals surface area contributed by atoms with Crippen molar-refractivity contribution >= 4 is 39.3 Å². The van der Waals surface area contributed by atoms with E-state index in [0.29, 0.717) is 0 Å². The number of aromatic nitrogens is 2. The number of anilines is 2. The molecule has 1 aromatic heterocycles. The molecule has 1 heterocycles. The van der Waals surface area contributed by atoms with Crippen LogP contribution in [0.15, 0.2) is 10.8 Å². The highest BCUT2D eigenvalue weighted by Gasteiger charge is 2.07. The molecule has 0 amide bonds. The molecule has 1 aromatic rings. The van der Waals surface area contributed by atoms with Crippen LogP contribution < -0.4 is 10.6 Å². The molecule has 0 spiro atoms. The molecule has 0 aromatic carbocycles. The number of thioether (sulfide) groups is 1. The number of hydrogen-bond donors (Lipinski definition) is 2. The second-order valence-electron chi connectivity index (χ2n) is 3.79. The van der Waals surface area contributed by atoms with Crippen molar-refractivity contribution in [3.63, 3.8) is 0 Å². The van der Waals surface area contributed by atoms with Gasteiger partial charge in [0.2, 0.25) is 0 Å². The number of halogens is 1. The van der Waals surface area contributed by atoms with Gasteiger partial charge in [0.15, 0.2) is 0 Å². The van der Waals surface area contributed by atoms with E-state index in [4.69, 9.17) is 0 Å². The summed E-state index contributed by atoms with van der Waals surface area (Å²) in [4.78, 5) is 8.47. The molecule has 4 nitrogen and oxygen atoms in total. The Balaban J connectivity index is 2.44. The molecule has 0 fully saturated rings. The molecule has 0 aliphatic rings. The Hall–Kier alpha value is -0.490. The summed E-state index contributed by atoms with van der Waals surface area (Å²) in [5, 5.41) is 6.61. The van der Waals surface area contributed by atoms with Gasteiger partial charge >= 0.3 is 0 Å². The van der Waals surface area contributed by atoms with E-state index in [1.165, 1.54) is 11.5 Å². The van der Waals surface area contributed by atoms with Crippen molar-refractivity contribution in [3.8, 4) is 0 Å². The summed E-state index contributed by atoms with van der Waals surface area (Å²) in [7, 11) is 0. The summed E-state index contributed by atoms with van der Waals surface area (Å²) in [5.74, 6) is 4.09. The van der Waals surface area contributed by atoms with Crippen LogP contribution in [0, 0.1) is 0 Å². The minimum absolute atomic E-state index is 0.859. The van der Waals surface area contributed by atoms with E-state index in [9.17, 15) is 0 Å². The van der Waals surface area contributed by atoms with Crippen LogP contribution in [0.25, 0.3) is 0 Å². The molecular formula is C12H21BrN4S. The third-order valence-corrected chi connectivity index (χ3v) is 4.03. The van der Waals surface area contributed by atoms with Crippen LogP contribution in [0.5, 0.6) is 0 Å².